The molecule has 0 unspecified atom stereocenters. The maximum Gasteiger partial charge on any atom is 0.443 e. The molecule has 33 heavy (non-hydrogen) atoms. The number of hydrogen-bond acceptors (Lipinski definition) is 7. The second-order valence-electron chi connectivity index (χ2n) is 7.03. The van der Waals surface area contributed by atoms with E-state index in [2.05, 4.69) is 30.7 Å². The zero-order chi connectivity index (χ0) is 23.8. The second-order valence-corrected chi connectivity index (χ2v) is 8.06. The molecule has 8 nitrogen and oxygen atoms in total. The fourth-order valence-corrected chi connectivity index (χ4v) is 3.71. The first kappa shape index (κ1) is 22.6. The molecule has 0 radical (unpaired) electrons. The van der Waals surface area contributed by atoms with Crippen molar-refractivity contribution in [2.24, 2.45) is 0 Å². The van der Waals surface area contributed by atoms with Crippen LogP contribution in [-0.2, 0) is 12.7 Å². The topological polar surface area (TPSA) is 97.6 Å². The minimum Gasteiger partial charge on any atom is -0.362 e. The van der Waals surface area contributed by atoms with E-state index in [9.17, 15) is 22.4 Å². The number of nitrogens with zero attached hydrogens (tertiary/aromatic N) is 5. The van der Waals surface area contributed by atoms with Crippen molar-refractivity contribution in [1.29, 1.82) is 0 Å². The van der Waals surface area contributed by atoms with Gasteiger partial charge in [0.2, 0.25) is 5.65 Å². The van der Waals surface area contributed by atoms with Gasteiger partial charge in [0.25, 0.3) is 5.91 Å². The number of rotatable bonds is 6. The van der Waals surface area contributed by atoms with Crippen molar-refractivity contribution in [3.63, 3.8) is 0 Å². The van der Waals surface area contributed by atoms with Crippen LogP contribution in [0.3, 0.4) is 0 Å². The quantitative estimate of drug-likeness (QED) is 0.383. The summed E-state index contributed by atoms with van der Waals surface area (Å²) >= 11 is 0.229. The fourth-order valence-electron chi connectivity index (χ4n) is 3.03. The number of thiazole rings is 1. The summed E-state index contributed by atoms with van der Waals surface area (Å²) in [5, 5.41) is 8.68. The van der Waals surface area contributed by atoms with Gasteiger partial charge in [-0.2, -0.15) is 18.3 Å². The number of anilines is 2. The molecule has 4 rings (SSSR count). The summed E-state index contributed by atoms with van der Waals surface area (Å²) < 4.78 is 54.3. The van der Waals surface area contributed by atoms with E-state index < -0.39 is 29.0 Å². The van der Waals surface area contributed by atoms with E-state index in [-0.39, 0.29) is 27.5 Å². The standard InChI is InChI=1S/C20H17F4N7OS/c1-3-31-9-14-17(30-31)29-16(8-25-14)27-10(2)12-6-11(4-5-13(12)21)28-18(32)15-7-26-19(33-15)20(22,23)24/h4-10H,3H2,1-2H3,(H,28,32)(H,27,29,30)/t10-/m0/s1. The van der Waals surface area contributed by atoms with Crippen LogP contribution in [-0.4, -0.2) is 30.6 Å². The number of fused-ring (bicyclic) bond motifs is 1. The minimum absolute atomic E-state index is 0.213. The lowest BCUT2D eigenvalue weighted by molar-refractivity contribution is -0.137. The molecule has 3 heterocycles. The number of carbonyl (C=O) groups is 1. The van der Waals surface area contributed by atoms with E-state index in [4.69, 9.17) is 0 Å². The lowest BCUT2D eigenvalue weighted by Gasteiger charge is -2.16. The van der Waals surface area contributed by atoms with Crippen molar-refractivity contribution in [2.45, 2.75) is 32.6 Å². The van der Waals surface area contributed by atoms with Crippen molar-refractivity contribution in [3.05, 3.63) is 58.1 Å². The highest BCUT2D eigenvalue weighted by molar-refractivity contribution is 7.13. The fraction of sp³-hybridized carbons (Fsp3) is 0.250. The Kier molecular flexibility index (Phi) is 5.97. The van der Waals surface area contributed by atoms with E-state index in [0.717, 1.165) is 12.3 Å². The number of carbonyl (C=O) groups excluding carboxylic acids is 1. The van der Waals surface area contributed by atoms with Crippen LogP contribution in [0.5, 0.6) is 0 Å². The molecule has 172 valence electrons. The molecule has 0 spiro atoms. The van der Waals surface area contributed by atoms with Gasteiger partial charge in [-0.25, -0.2) is 19.3 Å². The van der Waals surface area contributed by atoms with Crippen LogP contribution in [0.15, 0.2) is 36.8 Å². The number of nitrogens with one attached hydrogen (secondary N) is 2. The number of hydrogen-bond donors (Lipinski definition) is 2. The van der Waals surface area contributed by atoms with Crippen molar-refractivity contribution in [2.75, 3.05) is 10.6 Å². The lowest BCUT2D eigenvalue weighted by Crippen LogP contribution is -2.13. The van der Waals surface area contributed by atoms with Crippen LogP contribution in [0.1, 0.15) is 40.1 Å². The first-order chi connectivity index (χ1) is 15.6. The highest BCUT2D eigenvalue weighted by Gasteiger charge is 2.35. The van der Waals surface area contributed by atoms with Gasteiger partial charge in [0.1, 0.15) is 22.0 Å². The molecule has 3 aromatic heterocycles. The molecule has 0 aliphatic rings. The molecular formula is C20H17F4N7OS. The maximum absolute atomic E-state index is 14.5. The molecule has 13 heteroatoms. The van der Waals surface area contributed by atoms with Gasteiger partial charge >= 0.3 is 6.18 Å². The van der Waals surface area contributed by atoms with Gasteiger partial charge in [-0.05, 0) is 32.0 Å². The Morgan fingerprint density at radius 3 is 2.73 bits per heavy atom. The Balaban J connectivity index is 1.50. The number of benzene rings is 1. The Morgan fingerprint density at radius 1 is 1.24 bits per heavy atom. The van der Waals surface area contributed by atoms with Gasteiger partial charge in [-0.1, -0.05) is 0 Å². The molecule has 0 saturated carbocycles. The molecule has 0 fully saturated rings. The van der Waals surface area contributed by atoms with Crippen molar-refractivity contribution >= 4 is 39.9 Å². The predicted molar refractivity (Wildman–Crippen MR) is 115 cm³/mol. The SMILES string of the molecule is CCn1cc2ncc(N[C@@H](C)c3cc(NC(=O)c4cnc(C(F)(F)F)s4)ccc3F)nc2n1. The van der Waals surface area contributed by atoms with E-state index in [1.165, 1.54) is 18.3 Å². The highest BCUT2D eigenvalue weighted by atomic mass is 32.1. The number of amides is 1. The van der Waals surface area contributed by atoms with Crippen LogP contribution in [0.4, 0.5) is 29.1 Å². The average Bonchev–Trinajstić information content (AvgIpc) is 3.41. The summed E-state index contributed by atoms with van der Waals surface area (Å²) in [6.45, 7) is 4.30. The largest absolute Gasteiger partial charge is 0.443 e. The molecule has 0 bridgehead atoms. The molecule has 0 saturated heterocycles. The summed E-state index contributed by atoms with van der Waals surface area (Å²) in [7, 11) is 0. The third-order valence-corrected chi connectivity index (χ3v) is 5.70. The molecule has 1 aromatic carbocycles. The number of aryl methyl sites for hydroxylation is 1. The third-order valence-electron chi connectivity index (χ3n) is 4.66. The van der Waals surface area contributed by atoms with Gasteiger partial charge in [-0.15, -0.1) is 11.3 Å². The Hall–Kier alpha value is -3.61. The highest BCUT2D eigenvalue weighted by Crippen LogP contribution is 2.33. The predicted octanol–water partition coefficient (Wildman–Crippen LogP) is 4.89. The smallest absolute Gasteiger partial charge is 0.362 e. The third kappa shape index (κ3) is 4.92. The van der Waals surface area contributed by atoms with Gasteiger partial charge in [0.15, 0.2) is 5.01 Å². The number of halogens is 4. The van der Waals surface area contributed by atoms with E-state index in [0.29, 0.717) is 23.5 Å². The summed E-state index contributed by atoms with van der Waals surface area (Å²) in [5.74, 6) is -0.923. The summed E-state index contributed by atoms with van der Waals surface area (Å²) in [4.78, 5) is 24.0. The van der Waals surface area contributed by atoms with Crippen molar-refractivity contribution in [3.8, 4) is 0 Å². The van der Waals surface area contributed by atoms with E-state index in [1.54, 1.807) is 17.8 Å². The van der Waals surface area contributed by atoms with Crippen LogP contribution in [0, 0.1) is 5.82 Å². The van der Waals surface area contributed by atoms with Gasteiger partial charge in [-0.3, -0.25) is 9.48 Å². The van der Waals surface area contributed by atoms with Gasteiger partial charge in [0, 0.05) is 17.8 Å². The van der Waals surface area contributed by atoms with Crippen LogP contribution < -0.4 is 10.6 Å². The molecule has 1 amide bonds. The van der Waals surface area contributed by atoms with Gasteiger partial charge < -0.3 is 10.6 Å². The molecule has 1 atom stereocenters. The normalized spacial score (nSPS) is 12.7. The summed E-state index contributed by atoms with van der Waals surface area (Å²) in [6.07, 6.45) is -0.506. The number of alkyl halides is 3. The molecule has 4 aromatic rings. The lowest BCUT2D eigenvalue weighted by atomic mass is 10.1. The zero-order valence-electron chi connectivity index (χ0n) is 17.3. The Labute approximate surface area is 188 Å². The van der Waals surface area contributed by atoms with Crippen molar-refractivity contribution in [1.82, 2.24) is 24.7 Å². The molecule has 0 aliphatic carbocycles. The summed E-state index contributed by atoms with van der Waals surface area (Å²) in [6, 6.07) is 3.31. The monoisotopic (exact) mass is 479 g/mol. The number of aromatic nitrogens is 5. The minimum atomic E-state index is -4.63. The molecule has 2 N–H and O–H groups in total. The first-order valence-corrected chi connectivity index (χ1v) is 10.6. The van der Waals surface area contributed by atoms with Crippen LogP contribution in [0.25, 0.3) is 11.2 Å². The average molecular weight is 479 g/mol. The van der Waals surface area contributed by atoms with Crippen molar-refractivity contribution < 1.29 is 22.4 Å². The zero-order valence-corrected chi connectivity index (χ0v) is 18.1. The summed E-state index contributed by atoms with van der Waals surface area (Å²) in [5.41, 5.74) is 1.50. The molecular weight excluding hydrogens is 462 g/mol. The Bertz CT molecular complexity index is 1320. The van der Waals surface area contributed by atoms with Crippen LogP contribution >= 0.6 is 11.3 Å². The Morgan fingerprint density at radius 2 is 2.03 bits per heavy atom. The van der Waals surface area contributed by atoms with E-state index in [1.807, 2.05) is 6.92 Å². The maximum atomic E-state index is 14.5. The second kappa shape index (κ2) is 8.73. The van der Waals surface area contributed by atoms with E-state index >= 15 is 0 Å². The molecule has 0 aliphatic heterocycles. The van der Waals surface area contributed by atoms with Gasteiger partial charge in [0.05, 0.1) is 24.6 Å². The first-order valence-electron chi connectivity index (χ1n) is 9.74. The van der Waals surface area contributed by atoms with Crippen LogP contribution in [0.2, 0.25) is 0 Å².